The maximum Gasteiger partial charge on any atom is 1.00 e. The van der Waals surface area contributed by atoms with Crippen molar-refractivity contribution < 1.29 is 59.6 Å². The summed E-state index contributed by atoms with van der Waals surface area (Å²) in [5.41, 5.74) is 0. The molecule has 0 aliphatic rings. The molecule has 15 heavy (non-hydrogen) atoms. The molecule has 82 valence electrons. The number of carboxylic acid groups (broad SMARTS) is 1. The minimum atomic E-state index is -1.44. The summed E-state index contributed by atoms with van der Waals surface area (Å²) in [6, 6.07) is 0. The van der Waals surface area contributed by atoms with E-state index in [0.29, 0.717) is 6.42 Å². The summed E-state index contributed by atoms with van der Waals surface area (Å²) in [6.45, 7) is 0.240. The molecular formula is C8H12FNaO5. The van der Waals surface area contributed by atoms with Crippen molar-refractivity contribution in [2.75, 3.05) is 6.67 Å². The number of aliphatic carboxylic acids is 1. The van der Waals surface area contributed by atoms with E-state index < -0.39 is 30.5 Å². The fraction of sp³-hybridized carbons (Fsp3) is 0.625. The first-order valence-corrected chi connectivity index (χ1v) is 4.06. The van der Waals surface area contributed by atoms with Gasteiger partial charge >= 0.3 is 47.5 Å². The largest absolute Gasteiger partial charge is 1.00 e. The van der Waals surface area contributed by atoms with Crippen molar-refractivity contribution in [2.24, 2.45) is 5.92 Å². The van der Waals surface area contributed by atoms with Crippen molar-refractivity contribution in [1.29, 1.82) is 0 Å². The zero-order valence-electron chi connectivity index (χ0n) is 9.66. The van der Waals surface area contributed by atoms with Gasteiger partial charge in [-0.15, -0.1) is 0 Å². The quantitative estimate of drug-likeness (QED) is 0.325. The normalized spacial score (nSPS) is 11.1. The Labute approximate surface area is 110 Å². The van der Waals surface area contributed by atoms with Crippen LogP contribution in [0.25, 0.3) is 0 Å². The van der Waals surface area contributed by atoms with Gasteiger partial charge in [-0.1, -0.05) is 13.3 Å². The molecule has 0 aliphatic carbocycles. The van der Waals surface area contributed by atoms with Crippen LogP contribution in [0.1, 0.15) is 21.2 Å². The maximum atomic E-state index is 11.6. The van der Waals surface area contributed by atoms with Gasteiger partial charge in [0.1, 0.15) is 0 Å². The van der Waals surface area contributed by atoms with Gasteiger partial charge in [-0.05, 0) is 6.42 Å². The van der Waals surface area contributed by atoms with E-state index in [0.717, 1.165) is 0 Å². The Hall–Kier alpha value is -0.460. The van der Waals surface area contributed by atoms with Gasteiger partial charge in [-0.2, -0.15) is 0 Å². The Balaban J connectivity index is -0.000000845. The van der Waals surface area contributed by atoms with E-state index in [1.807, 2.05) is 0 Å². The summed E-state index contributed by atoms with van der Waals surface area (Å²) in [5, 5.41) is 8.55. The molecule has 1 atom stereocenters. The van der Waals surface area contributed by atoms with Crippen molar-refractivity contribution in [3.63, 3.8) is 0 Å². The number of carbonyl (C=O) groups excluding carboxylic acids is 2. The zero-order valence-corrected chi connectivity index (χ0v) is 10.7. The molecule has 0 spiro atoms. The Morgan fingerprint density at radius 3 is 2.33 bits per heavy atom. The standard InChI is InChI=1S/C8H11FO5.Na.H/c1-2-3-5(7(11)12)8(13)14-6(10)4-9;;/h5H,2-4H2,1H3,(H,11,12);;/q;+1;-1. The molecule has 0 saturated heterocycles. The second-order valence-corrected chi connectivity index (χ2v) is 2.61. The van der Waals surface area contributed by atoms with E-state index in [9.17, 15) is 18.8 Å². The Bertz CT molecular complexity index is 249. The Morgan fingerprint density at radius 2 is 2.00 bits per heavy atom. The summed E-state index contributed by atoms with van der Waals surface area (Å²) < 4.78 is 15.6. The van der Waals surface area contributed by atoms with Crippen LogP contribution >= 0.6 is 0 Å². The van der Waals surface area contributed by atoms with Crippen LogP contribution in [-0.4, -0.2) is 29.7 Å². The third kappa shape index (κ3) is 6.59. The molecule has 0 radical (unpaired) electrons. The second kappa shape index (κ2) is 8.82. The van der Waals surface area contributed by atoms with Crippen molar-refractivity contribution in [3.8, 4) is 0 Å². The van der Waals surface area contributed by atoms with E-state index in [1.165, 1.54) is 0 Å². The summed E-state index contributed by atoms with van der Waals surface area (Å²) in [5.74, 6) is -5.33. The van der Waals surface area contributed by atoms with Gasteiger partial charge in [0.2, 0.25) is 0 Å². The van der Waals surface area contributed by atoms with Crippen LogP contribution in [0.4, 0.5) is 4.39 Å². The molecule has 5 nitrogen and oxygen atoms in total. The topological polar surface area (TPSA) is 80.7 Å². The first-order valence-electron chi connectivity index (χ1n) is 4.06. The first-order chi connectivity index (χ1) is 6.52. The molecule has 1 unspecified atom stereocenters. The van der Waals surface area contributed by atoms with Crippen LogP contribution in [0.15, 0.2) is 0 Å². The van der Waals surface area contributed by atoms with Crippen molar-refractivity contribution in [3.05, 3.63) is 0 Å². The van der Waals surface area contributed by atoms with Gasteiger partial charge in [0, 0.05) is 0 Å². The number of hydrogen-bond acceptors (Lipinski definition) is 4. The van der Waals surface area contributed by atoms with Gasteiger partial charge in [-0.25, -0.2) is 9.18 Å². The molecule has 0 rings (SSSR count). The van der Waals surface area contributed by atoms with Crippen LogP contribution in [0.5, 0.6) is 0 Å². The second-order valence-electron chi connectivity index (χ2n) is 2.61. The third-order valence-electron chi connectivity index (χ3n) is 1.48. The number of carbonyl (C=O) groups is 3. The van der Waals surface area contributed by atoms with Crippen molar-refractivity contribution in [2.45, 2.75) is 19.8 Å². The van der Waals surface area contributed by atoms with E-state index in [4.69, 9.17) is 5.11 Å². The monoisotopic (exact) mass is 230 g/mol. The molecule has 0 saturated carbocycles. The molecule has 0 heterocycles. The molecule has 0 aromatic heterocycles. The van der Waals surface area contributed by atoms with Gasteiger partial charge in [0.05, 0.1) is 0 Å². The summed E-state index contributed by atoms with van der Waals surface area (Å²) in [6.07, 6.45) is 0.517. The first kappa shape index (κ1) is 17.0. The molecule has 1 N–H and O–H groups in total. The minimum absolute atomic E-state index is 0. The molecule has 0 aromatic rings. The molecular weight excluding hydrogens is 218 g/mol. The summed E-state index contributed by atoms with van der Waals surface area (Å²) in [4.78, 5) is 31.8. The SMILES string of the molecule is CCCC(C(=O)O)C(=O)OC(=O)CF.[H-].[Na+]. The van der Waals surface area contributed by atoms with E-state index in [2.05, 4.69) is 4.74 Å². The molecule has 7 heteroatoms. The van der Waals surface area contributed by atoms with Crippen molar-refractivity contribution >= 4 is 17.9 Å². The molecule has 0 aliphatic heterocycles. The third-order valence-corrected chi connectivity index (χ3v) is 1.48. The number of hydrogen-bond donors (Lipinski definition) is 1. The molecule has 0 amide bonds. The Morgan fingerprint density at radius 1 is 1.47 bits per heavy atom. The fourth-order valence-corrected chi connectivity index (χ4v) is 0.841. The predicted octanol–water partition coefficient (Wildman–Crippen LogP) is -2.36. The number of carboxylic acids is 1. The van der Waals surface area contributed by atoms with Crippen LogP contribution in [0, 0.1) is 5.92 Å². The van der Waals surface area contributed by atoms with Crippen LogP contribution in [0.3, 0.4) is 0 Å². The number of rotatable bonds is 5. The number of alkyl halides is 1. The fourth-order valence-electron chi connectivity index (χ4n) is 0.841. The summed E-state index contributed by atoms with van der Waals surface area (Å²) in [7, 11) is 0. The van der Waals surface area contributed by atoms with E-state index >= 15 is 0 Å². The summed E-state index contributed by atoms with van der Waals surface area (Å²) >= 11 is 0. The zero-order chi connectivity index (χ0) is 11.1. The van der Waals surface area contributed by atoms with Gasteiger partial charge < -0.3 is 11.3 Å². The predicted molar refractivity (Wildman–Crippen MR) is 44.2 cm³/mol. The van der Waals surface area contributed by atoms with Crippen LogP contribution in [0.2, 0.25) is 0 Å². The van der Waals surface area contributed by atoms with Gasteiger partial charge in [0.15, 0.2) is 12.6 Å². The van der Waals surface area contributed by atoms with E-state index in [-0.39, 0.29) is 37.4 Å². The molecule has 0 bridgehead atoms. The van der Waals surface area contributed by atoms with Crippen LogP contribution in [-0.2, 0) is 19.1 Å². The average molecular weight is 230 g/mol. The Kier molecular flexibility index (Phi) is 9.96. The minimum Gasteiger partial charge on any atom is -1.00 e. The molecule has 0 aromatic carbocycles. The smallest absolute Gasteiger partial charge is 1.00 e. The molecule has 0 fully saturated rings. The maximum absolute atomic E-state index is 11.6. The van der Waals surface area contributed by atoms with Crippen molar-refractivity contribution in [1.82, 2.24) is 0 Å². The average Bonchev–Trinajstić information content (AvgIpc) is 2.13. The van der Waals surface area contributed by atoms with Gasteiger partial charge in [-0.3, -0.25) is 9.59 Å². The van der Waals surface area contributed by atoms with Crippen LogP contribution < -0.4 is 29.6 Å². The number of ether oxygens (including phenoxy) is 1. The van der Waals surface area contributed by atoms with Gasteiger partial charge in [0.25, 0.3) is 0 Å². The number of halogens is 1. The number of esters is 2. The van der Waals surface area contributed by atoms with E-state index in [1.54, 1.807) is 6.92 Å².